The Labute approximate surface area is 126 Å². The van der Waals surface area contributed by atoms with Crippen LogP contribution >= 0.6 is 11.8 Å². The standard InChI is InChI=1S/C16H23NO2S/c1-14(13-20-3)17(2)9-11-19-16-8-4-6-15(12-16)7-5-10-18/h4,6,8,12,14,18H,9-11,13H2,1-3H3. The van der Waals surface area contributed by atoms with Crippen LogP contribution in [0.4, 0.5) is 0 Å². The fourth-order valence-electron chi connectivity index (χ4n) is 1.70. The van der Waals surface area contributed by atoms with Crippen molar-refractivity contribution in [2.45, 2.75) is 13.0 Å². The molecule has 0 fully saturated rings. The topological polar surface area (TPSA) is 32.7 Å². The van der Waals surface area contributed by atoms with E-state index in [4.69, 9.17) is 9.84 Å². The van der Waals surface area contributed by atoms with Crippen LogP contribution in [-0.4, -0.2) is 54.9 Å². The third-order valence-corrected chi connectivity index (χ3v) is 3.83. The lowest BCUT2D eigenvalue weighted by Gasteiger charge is -2.23. The Balaban J connectivity index is 2.42. The first-order chi connectivity index (χ1) is 9.67. The molecule has 110 valence electrons. The Kier molecular flexibility index (Phi) is 8.20. The van der Waals surface area contributed by atoms with Crippen molar-refractivity contribution in [1.82, 2.24) is 4.90 Å². The minimum Gasteiger partial charge on any atom is -0.492 e. The van der Waals surface area contributed by atoms with Crippen molar-refractivity contribution in [1.29, 1.82) is 0 Å². The highest BCUT2D eigenvalue weighted by atomic mass is 32.2. The fraction of sp³-hybridized carbons (Fsp3) is 0.500. The van der Waals surface area contributed by atoms with Crippen molar-refractivity contribution in [3.8, 4) is 17.6 Å². The fourth-order valence-corrected chi connectivity index (χ4v) is 2.44. The predicted octanol–water partition coefficient (Wildman–Crippen LogP) is 2.09. The normalized spacial score (nSPS) is 11.8. The Morgan fingerprint density at radius 3 is 2.95 bits per heavy atom. The van der Waals surface area contributed by atoms with Crippen LogP contribution in [0.15, 0.2) is 24.3 Å². The predicted molar refractivity (Wildman–Crippen MR) is 86.4 cm³/mol. The van der Waals surface area contributed by atoms with Crippen molar-refractivity contribution < 1.29 is 9.84 Å². The molecular weight excluding hydrogens is 270 g/mol. The van der Waals surface area contributed by atoms with Gasteiger partial charge in [0.25, 0.3) is 0 Å². The average Bonchev–Trinajstić information content (AvgIpc) is 2.45. The summed E-state index contributed by atoms with van der Waals surface area (Å²) in [6.07, 6.45) is 2.12. The Morgan fingerprint density at radius 1 is 1.45 bits per heavy atom. The first-order valence-electron chi connectivity index (χ1n) is 6.69. The summed E-state index contributed by atoms with van der Waals surface area (Å²) >= 11 is 1.86. The maximum absolute atomic E-state index is 8.68. The molecule has 1 aromatic carbocycles. The first kappa shape index (κ1) is 16.9. The Hall–Kier alpha value is -1.15. The number of nitrogens with zero attached hydrogens (tertiary/aromatic N) is 1. The molecule has 0 heterocycles. The number of benzene rings is 1. The van der Waals surface area contributed by atoms with E-state index in [9.17, 15) is 0 Å². The summed E-state index contributed by atoms with van der Waals surface area (Å²) in [5.41, 5.74) is 0.862. The van der Waals surface area contributed by atoms with Crippen LogP contribution < -0.4 is 4.74 Å². The lowest BCUT2D eigenvalue weighted by atomic mass is 10.2. The summed E-state index contributed by atoms with van der Waals surface area (Å²) in [4.78, 5) is 2.30. The summed E-state index contributed by atoms with van der Waals surface area (Å²) in [7, 11) is 2.12. The van der Waals surface area contributed by atoms with Gasteiger partial charge >= 0.3 is 0 Å². The lowest BCUT2D eigenvalue weighted by molar-refractivity contribution is 0.210. The Morgan fingerprint density at radius 2 is 2.25 bits per heavy atom. The zero-order valence-electron chi connectivity index (χ0n) is 12.4. The number of hydrogen-bond donors (Lipinski definition) is 1. The molecule has 4 heteroatoms. The molecule has 0 saturated carbocycles. The van der Waals surface area contributed by atoms with Gasteiger partial charge in [-0.3, -0.25) is 4.90 Å². The molecule has 0 aromatic heterocycles. The molecule has 1 unspecified atom stereocenters. The van der Waals surface area contributed by atoms with Gasteiger partial charge in [0.05, 0.1) is 0 Å². The van der Waals surface area contributed by atoms with Crippen molar-refractivity contribution in [2.75, 3.05) is 38.8 Å². The number of thioether (sulfide) groups is 1. The number of aliphatic hydroxyl groups is 1. The SMILES string of the molecule is CSCC(C)N(C)CCOc1cccc(C#CCO)c1. The Bertz CT molecular complexity index is 453. The maximum atomic E-state index is 8.68. The number of hydrogen-bond acceptors (Lipinski definition) is 4. The lowest BCUT2D eigenvalue weighted by Crippen LogP contribution is -2.34. The van der Waals surface area contributed by atoms with Crippen LogP contribution in [0.3, 0.4) is 0 Å². The molecule has 1 rings (SSSR count). The highest BCUT2D eigenvalue weighted by molar-refractivity contribution is 7.98. The molecule has 0 spiro atoms. The van der Waals surface area contributed by atoms with Crippen LogP contribution in [0.2, 0.25) is 0 Å². The average molecular weight is 293 g/mol. The van der Waals surface area contributed by atoms with E-state index in [0.717, 1.165) is 23.6 Å². The zero-order chi connectivity index (χ0) is 14.8. The van der Waals surface area contributed by atoms with Crippen molar-refractivity contribution in [3.63, 3.8) is 0 Å². The van der Waals surface area contributed by atoms with Crippen LogP contribution in [-0.2, 0) is 0 Å². The highest BCUT2D eigenvalue weighted by Crippen LogP contribution is 2.12. The largest absolute Gasteiger partial charge is 0.492 e. The second-order valence-corrected chi connectivity index (χ2v) is 5.53. The van der Waals surface area contributed by atoms with Gasteiger partial charge in [-0.2, -0.15) is 11.8 Å². The van der Waals surface area contributed by atoms with Crippen LogP contribution in [0, 0.1) is 11.8 Å². The number of likely N-dealkylation sites (N-methyl/N-ethyl adjacent to an activating group) is 1. The summed E-state index contributed by atoms with van der Waals surface area (Å²) in [5.74, 6) is 7.46. The molecule has 0 bridgehead atoms. The molecule has 0 aliphatic rings. The quantitative estimate of drug-likeness (QED) is 0.780. The van der Waals surface area contributed by atoms with Crippen molar-refractivity contribution >= 4 is 11.8 Å². The van der Waals surface area contributed by atoms with E-state index in [-0.39, 0.29) is 6.61 Å². The van der Waals surface area contributed by atoms with E-state index in [1.54, 1.807) is 0 Å². The second-order valence-electron chi connectivity index (χ2n) is 4.62. The summed E-state index contributed by atoms with van der Waals surface area (Å²) in [6.45, 7) is 3.66. The van der Waals surface area contributed by atoms with Crippen LogP contribution in [0.1, 0.15) is 12.5 Å². The highest BCUT2D eigenvalue weighted by Gasteiger charge is 2.07. The van der Waals surface area contributed by atoms with Crippen molar-refractivity contribution in [2.24, 2.45) is 0 Å². The van der Waals surface area contributed by atoms with Gasteiger partial charge in [0.1, 0.15) is 19.0 Å². The number of rotatable bonds is 7. The molecule has 0 aliphatic carbocycles. The van der Waals surface area contributed by atoms with Gasteiger partial charge in [0.2, 0.25) is 0 Å². The molecule has 0 amide bonds. The van der Waals surface area contributed by atoms with Gasteiger partial charge in [-0.05, 0) is 38.4 Å². The molecule has 0 radical (unpaired) electrons. The van der Waals surface area contributed by atoms with Crippen LogP contribution in [0.5, 0.6) is 5.75 Å². The van der Waals surface area contributed by atoms with Crippen LogP contribution in [0.25, 0.3) is 0 Å². The van der Waals surface area contributed by atoms with Gasteiger partial charge < -0.3 is 9.84 Å². The van der Waals surface area contributed by atoms with Gasteiger partial charge in [-0.25, -0.2) is 0 Å². The molecule has 3 nitrogen and oxygen atoms in total. The van der Waals surface area contributed by atoms with Crippen molar-refractivity contribution in [3.05, 3.63) is 29.8 Å². The summed E-state index contributed by atoms with van der Waals surface area (Å²) in [6, 6.07) is 8.19. The van der Waals surface area contributed by atoms with E-state index in [1.165, 1.54) is 0 Å². The maximum Gasteiger partial charge on any atom is 0.120 e. The van der Waals surface area contributed by atoms with E-state index in [2.05, 4.69) is 37.0 Å². The van der Waals surface area contributed by atoms with Gasteiger partial charge in [0.15, 0.2) is 0 Å². The van der Waals surface area contributed by atoms with E-state index in [0.29, 0.717) is 12.6 Å². The molecule has 1 N–H and O–H groups in total. The first-order valence-corrected chi connectivity index (χ1v) is 8.08. The van der Waals surface area contributed by atoms with E-state index >= 15 is 0 Å². The third-order valence-electron chi connectivity index (χ3n) is 3.02. The smallest absolute Gasteiger partial charge is 0.120 e. The van der Waals surface area contributed by atoms with E-state index < -0.39 is 0 Å². The van der Waals surface area contributed by atoms with Gasteiger partial charge in [-0.15, -0.1) is 0 Å². The third kappa shape index (κ3) is 6.33. The monoisotopic (exact) mass is 293 g/mol. The molecule has 0 saturated heterocycles. The second kappa shape index (κ2) is 9.71. The minimum atomic E-state index is -0.122. The molecule has 1 atom stereocenters. The summed E-state index contributed by atoms with van der Waals surface area (Å²) in [5, 5.41) is 8.68. The molecule has 0 aliphatic heterocycles. The molecule has 20 heavy (non-hydrogen) atoms. The minimum absolute atomic E-state index is 0.122. The van der Waals surface area contributed by atoms with Gasteiger partial charge in [-0.1, -0.05) is 17.9 Å². The van der Waals surface area contributed by atoms with Gasteiger partial charge in [0, 0.05) is 23.9 Å². The molecule has 1 aromatic rings. The summed E-state index contributed by atoms with van der Waals surface area (Å²) < 4.78 is 5.75. The number of aliphatic hydroxyl groups excluding tert-OH is 1. The number of ether oxygens (including phenoxy) is 1. The zero-order valence-corrected chi connectivity index (χ0v) is 13.2. The van der Waals surface area contributed by atoms with E-state index in [1.807, 2.05) is 36.0 Å². The molecular formula is C16H23NO2S.